The molecule has 4 heteroatoms. The zero-order valence-electron chi connectivity index (χ0n) is 9.17. The van der Waals surface area contributed by atoms with E-state index in [0.717, 1.165) is 21.0 Å². The number of rotatable bonds is 3. The third-order valence-corrected chi connectivity index (χ3v) is 3.91. The Morgan fingerprint density at radius 1 is 1.29 bits per heavy atom. The van der Waals surface area contributed by atoms with E-state index in [2.05, 4.69) is 31.9 Å². The average Bonchev–Trinajstić information content (AvgIpc) is 2.38. The number of alkyl halides is 1. The van der Waals surface area contributed by atoms with Gasteiger partial charge in [0.05, 0.1) is 16.9 Å². The van der Waals surface area contributed by atoms with Crippen LogP contribution in [0.25, 0.3) is 10.8 Å². The Morgan fingerprint density at radius 3 is 2.71 bits per heavy atom. The lowest BCUT2D eigenvalue weighted by Crippen LogP contribution is -1.99. The van der Waals surface area contributed by atoms with E-state index in [1.54, 1.807) is 7.11 Å². The second kappa shape index (κ2) is 5.19. The number of carbonyl (C=O) groups is 1. The summed E-state index contributed by atoms with van der Waals surface area (Å²) in [6.07, 6.45) is 0. The van der Waals surface area contributed by atoms with E-state index < -0.39 is 0 Å². The summed E-state index contributed by atoms with van der Waals surface area (Å²) in [5.41, 5.74) is 0.714. The number of ketones is 1. The Kier molecular flexibility index (Phi) is 3.84. The van der Waals surface area contributed by atoms with Crippen molar-refractivity contribution in [2.75, 3.05) is 12.4 Å². The molecule has 0 aromatic heterocycles. The van der Waals surface area contributed by atoms with Gasteiger partial charge in [-0.05, 0) is 38.8 Å². The minimum atomic E-state index is 0.0823. The molecule has 0 spiro atoms. The van der Waals surface area contributed by atoms with Crippen LogP contribution in [0.4, 0.5) is 0 Å². The summed E-state index contributed by atoms with van der Waals surface area (Å²) in [6, 6.07) is 9.48. The highest BCUT2D eigenvalue weighted by Gasteiger charge is 2.08. The molecule has 2 rings (SSSR count). The van der Waals surface area contributed by atoms with Crippen molar-refractivity contribution in [3.63, 3.8) is 0 Å². The Hall–Kier alpha value is -0.870. The molecule has 0 bridgehead atoms. The van der Waals surface area contributed by atoms with Crippen LogP contribution in [0.5, 0.6) is 5.75 Å². The van der Waals surface area contributed by atoms with Crippen molar-refractivity contribution in [3.8, 4) is 5.75 Å². The molecule has 0 fully saturated rings. The maximum atomic E-state index is 11.6. The topological polar surface area (TPSA) is 26.3 Å². The smallest absolute Gasteiger partial charge is 0.173 e. The summed E-state index contributed by atoms with van der Waals surface area (Å²) in [5.74, 6) is 0.871. The summed E-state index contributed by atoms with van der Waals surface area (Å²) in [6.45, 7) is 0. The van der Waals surface area contributed by atoms with Crippen LogP contribution in [0.15, 0.2) is 34.8 Å². The predicted molar refractivity (Wildman–Crippen MR) is 76.3 cm³/mol. The lowest BCUT2D eigenvalue weighted by molar-refractivity contribution is 0.102. The van der Waals surface area contributed by atoms with Crippen LogP contribution in [0.2, 0.25) is 0 Å². The molecule has 0 saturated carbocycles. The molecule has 2 nitrogen and oxygen atoms in total. The van der Waals surface area contributed by atoms with Crippen LogP contribution in [-0.2, 0) is 0 Å². The van der Waals surface area contributed by atoms with Crippen LogP contribution >= 0.6 is 31.9 Å². The second-order valence-electron chi connectivity index (χ2n) is 3.57. The molecule has 2 aromatic carbocycles. The van der Waals surface area contributed by atoms with Gasteiger partial charge in [-0.15, -0.1) is 0 Å². The zero-order chi connectivity index (χ0) is 12.4. The minimum absolute atomic E-state index is 0.0823. The summed E-state index contributed by atoms with van der Waals surface area (Å²) in [7, 11) is 1.63. The van der Waals surface area contributed by atoms with Crippen LogP contribution < -0.4 is 4.74 Å². The number of hydrogen-bond donors (Lipinski definition) is 0. The molecule has 0 aliphatic carbocycles. The number of Topliss-reactive ketones (excluding diaryl/α,β-unsaturated/α-hetero) is 1. The second-order valence-corrected chi connectivity index (χ2v) is 4.93. The van der Waals surface area contributed by atoms with Gasteiger partial charge in [0, 0.05) is 5.56 Å². The Labute approximate surface area is 116 Å². The lowest BCUT2D eigenvalue weighted by atomic mass is 10.0. The largest absolute Gasteiger partial charge is 0.496 e. The molecule has 0 unspecified atom stereocenters. The molecule has 0 atom stereocenters. The van der Waals surface area contributed by atoms with Crippen LogP contribution in [0, 0.1) is 0 Å². The van der Waals surface area contributed by atoms with Gasteiger partial charge in [0.2, 0.25) is 0 Å². The van der Waals surface area contributed by atoms with E-state index in [1.165, 1.54) is 0 Å². The van der Waals surface area contributed by atoms with Gasteiger partial charge >= 0.3 is 0 Å². The molecule has 0 aliphatic heterocycles. The predicted octanol–water partition coefficient (Wildman–Crippen LogP) is 4.19. The maximum Gasteiger partial charge on any atom is 0.173 e. The van der Waals surface area contributed by atoms with Gasteiger partial charge in [0.15, 0.2) is 5.78 Å². The average molecular weight is 358 g/mol. The highest BCUT2D eigenvalue weighted by Crippen LogP contribution is 2.33. The van der Waals surface area contributed by atoms with Gasteiger partial charge in [-0.3, -0.25) is 4.79 Å². The third kappa shape index (κ3) is 2.38. The number of ether oxygens (including phenoxy) is 1. The number of halogens is 2. The molecule has 0 N–H and O–H groups in total. The van der Waals surface area contributed by atoms with Crippen molar-refractivity contribution in [1.82, 2.24) is 0 Å². The molecule has 17 heavy (non-hydrogen) atoms. The Bertz CT molecular complexity index is 579. The van der Waals surface area contributed by atoms with Crippen LogP contribution in [-0.4, -0.2) is 18.2 Å². The fourth-order valence-corrected chi connectivity index (χ4v) is 2.66. The van der Waals surface area contributed by atoms with E-state index in [-0.39, 0.29) is 5.78 Å². The van der Waals surface area contributed by atoms with Gasteiger partial charge in [-0.2, -0.15) is 0 Å². The summed E-state index contributed by atoms with van der Waals surface area (Å²) >= 11 is 6.68. The van der Waals surface area contributed by atoms with Crippen molar-refractivity contribution < 1.29 is 9.53 Å². The highest BCUT2D eigenvalue weighted by molar-refractivity contribution is 9.10. The van der Waals surface area contributed by atoms with Crippen molar-refractivity contribution in [1.29, 1.82) is 0 Å². The van der Waals surface area contributed by atoms with Crippen LogP contribution in [0.1, 0.15) is 10.4 Å². The normalized spacial score (nSPS) is 10.5. The minimum Gasteiger partial charge on any atom is -0.496 e. The van der Waals surface area contributed by atoms with Gasteiger partial charge in [-0.1, -0.05) is 34.1 Å². The number of hydrogen-bond acceptors (Lipinski definition) is 2. The van der Waals surface area contributed by atoms with Crippen molar-refractivity contribution in [2.45, 2.75) is 0 Å². The number of fused-ring (bicyclic) bond motifs is 1. The Morgan fingerprint density at radius 2 is 2.06 bits per heavy atom. The SMILES string of the molecule is COc1ccc2cc(C(=O)CBr)ccc2c1Br. The van der Waals surface area contributed by atoms with Gasteiger partial charge in [0.1, 0.15) is 5.75 Å². The van der Waals surface area contributed by atoms with E-state index in [0.29, 0.717) is 10.9 Å². The number of benzene rings is 2. The molecule has 0 radical (unpaired) electrons. The van der Waals surface area contributed by atoms with Crippen molar-refractivity contribution >= 4 is 48.4 Å². The molecule has 0 heterocycles. The lowest BCUT2D eigenvalue weighted by Gasteiger charge is -2.07. The van der Waals surface area contributed by atoms with E-state index >= 15 is 0 Å². The number of carbonyl (C=O) groups excluding carboxylic acids is 1. The first kappa shape index (κ1) is 12.6. The van der Waals surface area contributed by atoms with Gasteiger partial charge < -0.3 is 4.74 Å². The quantitative estimate of drug-likeness (QED) is 0.608. The summed E-state index contributed by atoms with van der Waals surface area (Å²) < 4.78 is 6.14. The summed E-state index contributed by atoms with van der Waals surface area (Å²) in [5, 5.41) is 2.40. The molecule has 88 valence electrons. The zero-order valence-corrected chi connectivity index (χ0v) is 12.3. The van der Waals surface area contributed by atoms with Crippen molar-refractivity contribution in [2.24, 2.45) is 0 Å². The molecule has 2 aromatic rings. The van der Waals surface area contributed by atoms with Crippen molar-refractivity contribution in [3.05, 3.63) is 40.4 Å². The first-order valence-corrected chi connectivity index (χ1v) is 6.94. The standard InChI is InChI=1S/C13H10Br2O2/c1-17-12-5-3-8-6-9(11(16)7-14)2-4-10(8)13(12)15/h2-6H,7H2,1H3. The number of methoxy groups -OCH3 is 1. The maximum absolute atomic E-state index is 11.6. The molecule has 0 aliphatic rings. The van der Waals surface area contributed by atoms with Crippen LogP contribution in [0.3, 0.4) is 0 Å². The molecular weight excluding hydrogens is 348 g/mol. The fourth-order valence-electron chi connectivity index (χ4n) is 1.68. The first-order chi connectivity index (χ1) is 8.17. The van der Waals surface area contributed by atoms with Gasteiger partial charge in [-0.25, -0.2) is 0 Å². The molecular formula is C13H10Br2O2. The van der Waals surface area contributed by atoms with Gasteiger partial charge in [0.25, 0.3) is 0 Å². The first-order valence-electron chi connectivity index (χ1n) is 5.03. The highest BCUT2D eigenvalue weighted by atomic mass is 79.9. The third-order valence-electron chi connectivity index (χ3n) is 2.58. The van der Waals surface area contributed by atoms with E-state index in [9.17, 15) is 4.79 Å². The fraction of sp³-hybridized carbons (Fsp3) is 0.154. The van der Waals surface area contributed by atoms with E-state index in [1.807, 2.05) is 30.3 Å². The van der Waals surface area contributed by atoms with E-state index in [4.69, 9.17) is 4.74 Å². The molecule has 0 saturated heterocycles. The Balaban J connectivity index is 2.61. The molecule has 0 amide bonds. The monoisotopic (exact) mass is 356 g/mol. The summed E-state index contributed by atoms with van der Waals surface area (Å²) in [4.78, 5) is 11.6.